The van der Waals surface area contributed by atoms with Crippen molar-refractivity contribution in [3.05, 3.63) is 34.4 Å². The Morgan fingerprint density at radius 3 is 1.74 bits per heavy atom. The van der Waals surface area contributed by atoms with Crippen molar-refractivity contribution in [3.63, 3.8) is 0 Å². The van der Waals surface area contributed by atoms with Crippen molar-refractivity contribution >= 4 is 11.9 Å². The van der Waals surface area contributed by atoms with Crippen LogP contribution in [0.15, 0.2) is 12.1 Å². The molecular weight excluding hydrogens is 424 g/mol. The first-order valence-corrected chi connectivity index (χ1v) is 14.1. The minimum absolute atomic E-state index is 0.176. The van der Waals surface area contributed by atoms with Crippen molar-refractivity contribution < 1.29 is 19.4 Å². The van der Waals surface area contributed by atoms with Crippen LogP contribution >= 0.6 is 0 Å². The number of aryl methyl sites for hydroxylation is 1. The van der Waals surface area contributed by atoms with E-state index in [0.717, 1.165) is 68.9 Å². The number of unbranched alkanes of at least 4 members (excludes halogenated alkanes) is 13. The summed E-state index contributed by atoms with van der Waals surface area (Å²) in [6, 6.07) is 3.67. The number of carboxylic acid groups (broad SMARTS) is 1. The Bertz CT molecular complexity index is 695. The second-order valence-corrected chi connectivity index (χ2v) is 9.66. The van der Waals surface area contributed by atoms with Gasteiger partial charge in [0.05, 0.1) is 17.7 Å². The third-order valence-corrected chi connectivity index (χ3v) is 6.65. The molecule has 194 valence electrons. The topological polar surface area (TPSA) is 63.6 Å². The average molecular weight is 475 g/mol. The first kappa shape index (κ1) is 30.2. The van der Waals surface area contributed by atoms with E-state index in [4.69, 9.17) is 4.74 Å². The number of carbonyl (C=O) groups is 2. The molecule has 1 aromatic carbocycles. The van der Waals surface area contributed by atoms with Crippen LogP contribution in [0.3, 0.4) is 0 Å². The Morgan fingerprint density at radius 2 is 1.18 bits per heavy atom. The number of rotatable bonds is 21. The van der Waals surface area contributed by atoms with Crippen LogP contribution < -0.4 is 0 Å². The molecular formula is C30H50O4. The van der Waals surface area contributed by atoms with Gasteiger partial charge in [0.25, 0.3) is 0 Å². The second-order valence-electron chi connectivity index (χ2n) is 9.66. The molecule has 0 aliphatic rings. The van der Waals surface area contributed by atoms with Crippen molar-refractivity contribution in [2.24, 2.45) is 0 Å². The molecule has 0 aliphatic heterocycles. The highest BCUT2D eigenvalue weighted by atomic mass is 16.5. The number of benzene rings is 1. The zero-order chi connectivity index (χ0) is 25.0. The number of aromatic carboxylic acids is 1. The van der Waals surface area contributed by atoms with Crippen LogP contribution in [-0.2, 0) is 17.6 Å². The summed E-state index contributed by atoms with van der Waals surface area (Å²) < 4.78 is 5.46. The van der Waals surface area contributed by atoms with E-state index in [1.54, 1.807) is 6.07 Å². The minimum Gasteiger partial charge on any atom is -0.478 e. The van der Waals surface area contributed by atoms with Gasteiger partial charge in [0.1, 0.15) is 0 Å². The van der Waals surface area contributed by atoms with E-state index in [1.165, 1.54) is 57.8 Å². The van der Waals surface area contributed by atoms with Gasteiger partial charge in [-0.05, 0) is 49.3 Å². The van der Waals surface area contributed by atoms with Crippen LogP contribution in [0.2, 0.25) is 0 Å². The van der Waals surface area contributed by atoms with Crippen molar-refractivity contribution in [3.8, 4) is 0 Å². The largest absolute Gasteiger partial charge is 0.478 e. The SMILES string of the molecule is CCCCCCCCc1ccc(C(=O)OCCCCCC)c(C(=O)O)c1CCCCCCCC. The fraction of sp³-hybridized carbons (Fsp3) is 0.733. The smallest absolute Gasteiger partial charge is 0.339 e. The van der Waals surface area contributed by atoms with Crippen molar-refractivity contribution in [1.82, 2.24) is 0 Å². The molecule has 34 heavy (non-hydrogen) atoms. The van der Waals surface area contributed by atoms with Crippen LogP contribution in [0.5, 0.6) is 0 Å². The fourth-order valence-corrected chi connectivity index (χ4v) is 4.57. The number of carbonyl (C=O) groups excluding carboxylic acids is 1. The quantitative estimate of drug-likeness (QED) is 0.143. The summed E-state index contributed by atoms with van der Waals surface area (Å²) in [4.78, 5) is 25.1. The number of carboxylic acids is 1. The summed E-state index contributed by atoms with van der Waals surface area (Å²) in [7, 11) is 0. The Labute approximate surface area is 208 Å². The Morgan fingerprint density at radius 1 is 0.676 bits per heavy atom. The second kappa shape index (κ2) is 19.5. The van der Waals surface area contributed by atoms with Crippen LogP contribution in [-0.4, -0.2) is 23.7 Å². The maximum absolute atomic E-state index is 12.8. The molecule has 0 spiro atoms. The maximum atomic E-state index is 12.8. The van der Waals surface area contributed by atoms with E-state index in [9.17, 15) is 14.7 Å². The van der Waals surface area contributed by atoms with Crippen LogP contribution in [0, 0.1) is 0 Å². The maximum Gasteiger partial charge on any atom is 0.339 e. The van der Waals surface area contributed by atoms with Gasteiger partial charge in [-0.2, -0.15) is 0 Å². The molecule has 0 saturated carbocycles. The van der Waals surface area contributed by atoms with Gasteiger partial charge in [-0.1, -0.05) is 110 Å². The predicted octanol–water partition coefficient (Wildman–Crippen LogP) is 8.93. The highest BCUT2D eigenvalue weighted by Crippen LogP contribution is 2.25. The molecule has 1 rings (SSSR count). The van der Waals surface area contributed by atoms with E-state index in [1.807, 2.05) is 6.07 Å². The highest BCUT2D eigenvalue weighted by molar-refractivity contribution is 6.03. The molecule has 0 atom stereocenters. The third kappa shape index (κ3) is 12.0. The molecule has 1 N–H and O–H groups in total. The summed E-state index contributed by atoms with van der Waals surface area (Å²) in [6.07, 6.45) is 19.9. The van der Waals surface area contributed by atoms with Gasteiger partial charge in [-0.3, -0.25) is 0 Å². The molecule has 0 bridgehead atoms. The lowest BCUT2D eigenvalue weighted by atomic mass is 9.89. The predicted molar refractivity (Wildman–Crippen MR) is 142 cm³/mol. The van der Waals surface area contributed by atoms with Gasteiger partial charge in [0.15, 0.2) is 0 Å². The van der Waals surface area contributed by atoms with E-state index in [-0.39, 0.29) is 11.1 Å². The summed E-state index contributed by atoms with van der Waals surface area (Å²) in [5, 5.41) is 10.1. The van der Waals surface area contributed by atoms with Crippen molar-refractivity contribution in [2.75, 3.05) is 6.61 Å². The highest BCUT2D eigenvalue weighted by Gasteiger charge is 2.23. The molecule has 0 fully saturated rings. The van der Waals surface area contributed by atoms with E-state index in [0.29, 0.717) is 6.61 Å². The number of hydrogen-bond acceptors (Lipinski definition) is 3. The zero-order valence-corrected chi connectivity index (χ0v) is 22.3. The van der Waals surface area contributed by atoms with Crippen LogP contribution in [0.1, 0.15) is 155 Å². The molecule has 0 amide bonds. The van der Waals surface area contributed by atoms with E-state index in [2.05, 4.69) is 20.8 Å². The molecule has 0 aromatic heterocycles. The summed E-state index contributed by atoms with van der Waals surface area (Å²) >= 11 is 0. The van der Waals surface area contributed by atoms with Gasteiger partial charge in [-0.25, -0.2) is 9.59 Å². The normalized spacial score (nSPS) is 11.0. The van der Waals surface area contributed by atoms with Crippen LogP contribution in [0.25, 0.3) is 0 Å². The summed E-state index contributed by atoms with van der Waals surface area (Å²) in [6.45, 7) is 6.93. The fourth-order valence-electron chi connectivity index (χ4n) is 4.57. The summed E-state index contributed by atoms with van der Waals surface area (Å²) in [5.74, 6) is -1.51. The lowest BCUT2D eigenvalue weighted by Gasteiger charge is -2.16. The third-order valence-electron chi connectivity index (χ3n) is 6.65. The van der Waals surface area contributed by atoms with E-state index < -0.39 is 11.9 Å². The van der Waals surface area contributed by atoms with Gasteiger partial charge >= 0.3 is 11.9 Å². The molecule has 0 radical (unpaired) electrons. The number of ether oxygens (including phenoxy) is 1. The van der Waals surface area contributed by atoms with Crippen LogP contribution in [0.4, 0.5) is 0 Å². The summed E-state index contributed by atoms with van der Waals surface area (Å²) in [5.41, 5.74) is 2.35. The molecule has 0 saturated heterocycles. The monoisotopic (exact) mass is 474 g/mol. The average Bonchev–Trinajstić information content (AvgIpc) is 2.83. The minimum atomic E-state index is -1.01. The number of hydrogen-bond donors (Lipinski definition) is 1. The lowest BCUT2D eigenvalue weighted by Crippen LogP contribution is -2.16. The lowest BCUT2D eigenvalue weighted by molar-refractivity contribution is 0.0487. The number of esters is 1. The molecule has 0 aliphatic carbocycles. The molecule has 1 aromatic rings. The first-order valence-electron chi connectivity index (χ1n) is 14.1. The Hall–Kier alpha value is -1.84. The van der Waals surface area contributed by atoms with Gasteiger partial charge in [0, 0.05) is 0 Å². The van der Waals surface area contributed by atoms with Gasteiger partial charge in [-0.15, -0.1) is 0 Å². The molecule has 0 heterocycles. The van der Waals surface area contributed by atoms with E-state index >= 15 is 0 Å². The zero-order valence-electron chi connectivity index (χ0n) is 22.3. The van der Waals surface area contributed by atoms with Gasteiger partial charge in [0.2, 0.25) is 0 Å². The Kier molecular flexibility index (Phi) is 17.3. The molecule has 4 heteroatoms. The first-order chi connectivity index (χ1) is 16.6. The van der Waals surface area contributed by atoms with Crippen molar-refractivity contribution in [2.45, 2.75) is 136 Å². The standard InChI is InChI=1S/C30H50O4/c1-4-7-10-13-15-17-20-25-22-23-27(30(33)34-24-19-12-9-6-3)28(29(31)32)26(25)21-18-16-14-11-8-5-2/h22-23H,4-21,24H2,1-3H3,(H,31,32). The Balaban J connectivity index is 2.94. The van der Waals surface area contributed by atoms with Crippen molar-refractivity contribution in [1.29, 1.82) is 0 Å². The molecule has 0 unspecified atom stereocenters. The van der Waals surface area contributed by atoms with Gasteiger partial charge < -0.3 is 9.84 Å². The molecule has 4 nitrogen and oxygen atoms in total.